The van der Waals surface area contributed by atoms with Crippen LogP contribution in [-0.4, -0.2) is 54.5 Å². The van der Waals surface area contributed by atoms with Crippen molar-refractivity contribution in [1.29, 1.82) is 0 Å². The summed E-state index contributed by atoms with van der Waals surface area (Å²) in [5.74, 6) is 0.407. The molecule has 2 saturated heterocycles. The van der Waals surface area contributed by atoms with E-state index in [1.165, 1.54) is 0 Å². The molecule has 2 aliphatic heterocycles. The van der Waals surface area contributed by atoms with E-state index in [9.17, 15) is 22.8 Å². The van der Waals surface area contributed by atoms with E-state index in [1.807, 2.05) is 24.3 Å². The van der Waals surface area contributed by atoms with Crippen LogP contribution in [0, 0.1) is 0 Å². The number of benzene rings is 1. The zero-order valence-corrected chi connectivity index (χ0v) is 18.5. The summed E-state index contributed by atoms with van der Waals surface area (Å²) in [6.07, 6.45) is -2.29. The minimum Gasteiger partial charge on any atom is -0.352 e. The van der Waals surface area contributed by atoms with Gasteiger partial charge in [-0.25, -0.2) is 9.78 Å². The van der Waals surface area contributed by atoms with E-state index in [4.69, 9.17) is 11.6 Å². The van der Waals surface area contributed by atoms with Gasteiger partial charge in [-0.15, -0.1) is 0 Å². The molecule has 3 amide bonds. The van der Waals surface area contributed by atoms with Crippen LogP contribution in [0.5, 0.6) is 0 Å². The predicted molar refractivity (Wildman–Crippen MR) is 118 cm³/mol. The van der Waals surface area contributed by atoms with Crippen LogP contribution < -0.4 is 15.1 Å². The number of amides is 3. The van der Waals surface area contributed by atoms with Gasteiger partial charge in [-0.3, -0.25) is 4.79 Å². The molecule has 1 N–H and O–H groups in total. The minimum absolute atomic E-state index is 0.0678. The molecule has 2 aliphatic rings. The standard InChI is InChI=1S/C22H23ClF3N5O2/c23-18-12-16(22(24,25)26)14-27-20(18)29-8-10-30(11-9-29)21(33)28-13-15-3-5-17(6-4-15)31-7-1-2-19(31)32/h3-6,12,14H,1-2,7-11,13H2,(H,28,33). The third kappa shape index (κ3) is 5.32. The predicted octanol–water partition coefficient (Wildman–Crippen LogP) is 3.91. The van der Waals surface area contributed by atoms with Crippen LogP contribution in [0.3, 0.4) is 0 Å². The van der Waals surface area contributed by atoms with Gasteiger partial charge in [0.1, 0.15) is 5.82 Å². The maximum absolute atomic E-state index is 12.8. The Morgan fingerprint density at radius 3 is 2.36 bits per heavy atom. The second-order valence-electron chi connectivity index (χ2n) is 7.98. The highest BCUT2D eigenvalue weighted by atomic mass is 35.5. The van der Waals surface area contributed by atoms with E-state index >= 15 is 0 Å². The van der Waals surface area contributed by atoms with Gasteiger partial charge in [0.25, 0.3) is 0 Å². The Bertz CT molecular complexity index is 1020. The average Bonchev–Trinajstić information content (AvgIpc) is 3.23. The highest BCUT2D eigenvalue weighted by Gasteiger charge is 2.32. The van der Waals surface area contributed by atoms with Gasteiger partial charge >= 0.3 is 12.2 Å². The molecule has 0 radical (unpaired) electrons. The molecule has 4 rings (SSSR count). The first-order valence-corrected chi connectivity index (χ1v) is 11.0. The van der Waals surface area contributed by atoms with Crippen LogP contribution in [0.25, 0.3) is 0 Å². The van der Waals surface area contributed by atoms with Crippen LogP contribution in [0.4, 0.5) is 29.5 Å². The number of hydrogen-bond acceptors (Lipinski definition) is 4. The fourth-order valence-corrected chi connectivity index (χ4v) is 4.23. The van der Waals surface area contributed by atoms with Gasteiger partial charge in [0.15, 0.2) is 0 Å². The van der Waals surface area contributed by atoms with Gasteiger partial charge in [-0.2, -0.15) is 13.2 Å². The molecule has 0 spiro atoms. The normalized spacial score (nSPS) is 17.0. The lowest BCUT2D eigenvalue weighted by Crippen LogP contribution is -2.52. The van der Waals surface area contributed by atoms with E-state index in [1.54, 1.807) is 14.7 Å². The summed E-state index contributed by atoms with van der Waals surface area (Å²) < 4.78 is 38.4. The summed E-state index contributed by atoms with van der Waals surface area (Å²) in [6, 6.07) is 8.18. The maximum atomic E-state index is 12.8. The van der Waals surface area contributed by atoms with Gasteiger partial charge in [0.05, 0.1) is 10.6 Å². The van der Waals surface area contributed by atoms with Crippen molar-refractivity contribution in [3.8, 4) is 0 Å². The lowest BCUT2D eigenvalue weighted by atomic mass is 10.2. The van der Waals surface area contributed by atoms with Crippen molar-refractivity contribution >= 4 is 35.0 Å². The molecule has 0 bridgehead atoms. The molecule has 3 heterocycles. The van der Waals surface area contributed by atoms with Crippen LogP contribution >= 0.6 is 11.6 Å². The van der Waals surface area contributed by atoms with E-state index < -0.39 is 11.7 Å². The lowest BCUT2D eigenvalue weighted by molar-refractivity contribution is -0.137. The van der Waals surface area contributed by atoms with Crippen molar-refractivity contribution in [1.82, 2.24) is 15.2 Å². The third-order valence-electron chi connectivity index (χ3n) is 5.78. The largest absolute Gasteiger partial charge is 0.417 e. The van der Waals surface area contributed by atoms with Crippen molar-refractivity contribution in [2.75, 3.05) is 42.5 Å². The molecule has 0 atom stereocenters. The Hall–Kier alpha value is -3.01. The van der Waals surface area contributed by atoms with Gasteiger partial charge in [-0.1, -0.05) is 23.7 Å². The number of halogens is 4. The summed E-state index contributed by atoms with van der Waals surface area (Å²) in [4.78, 5) is 33.4. The molecule has 176 valence electrons. The highest BCUT2D eigenvalue weighted by molar-refractivity contribution is 6.33. The van der Waals surface area contributed by atoms with Crippen molar-refractivity contribution in [2.24, 2.45) is 0 Å². The zero-order chi connectivity index (χ0) is 23.6. The minimum atomic E-state index is -4.50. The van der Waals surface area contributed by atoms with Crippen molar-refractivity contribution in [3.05, 3.63) is 52.7 Å². The maximum Gasteiger partial charge on any atom is 0.417 e. The van der Waals surface area contributed by atoms with E-state index in [0.717, 1.165) is 36.5 Å². The first kappa shape index (κ1) is 23.2. The summed E-state index contributed by atoms with van der Waals surface area (Å²) in [5.41, 5.74) is 0.881. The molecule has 33 heavy (non-hydrogen) atoms. The van der Waals surface area contributed by atoms with Crippen LogP contribution in [0.15, 0.2) is 36.5 Å². The van der Waals surface area contributed by atoms with Gasteiger partial charge in [-0.05, 0) is 30.2 Å². The molecule has 0 unspecified atom stereocenters. The molecule has 2 fully saturated rings. The number of nitrogens with zero attached hydrogens (tertiary/aromatic N) is 4. The Morgan fingerprint density at radius 2 is 1.79 bits per heavy atom. The summed E-state index contributed by atoms with van der Waals surface area (Å²) >= 11 is 6.03. The van der Waals surface area contributed by atoms with Crippen molar-refractivity contribution < 1.29 is 22.8 Å². The third-order valence-corrected chi connectivity index (χ3v) is 6.06. The number of pyridine rings is 1. The quantitative estimate of drug-likeness (QED) is 0.719. The zero-order valence-electron chi connectivity index (χ0n) is 17.7. The fraction of sp³-hybridized carbons (Fsp3) is 0.409. The Balaban J connectivity index is 1.27. The molecule has 1 aromatic carbocycles. The SMILES string of the molecule is O=C(NCc1ccc(N2CCCC2=O)cc1)N1CCN(c2ncc(C(F)(F)F)cc2Cl)CC1. The molecular weight excluding hydrogens is 459 g/mol. The Kier molecular flexibility index (Phi) is 6.64. The first-order valence-electron chi connectivity index (χ1n) is 10.6. The van der Waals surface area contributed by atoms with Crippen molar-refractivity contribution in [2.45, 2.75) is 25.6 Å². The summed E-state index contributed by atoms with van der Waals surface area (Å²) in [5, 5.41) is 2.81. The van der Waals surface area contributed by atoms with E-state index in [-0.39, 0.29) is 22.8 Å². The number of rotatable bonds is 4. The van der Waals surface area contributed by atoms with Crippen LogP contribution in [0.2, 0.25) is 5.02 Å². The number of hydrogen-bond donors (Lipinski definition) is 1. The van der Waals surface area contributed by atoms with Crippen LogP contribution in [0.1, 0.15) is 24.0 Å². The number of nitrogens with one attached hydrogen (secondary N) is 1. The smallest absolute Gasteiger partial charge is 0.352 e. The van der Waals surface area contributed by atoms with E-state index in [2.05, 4.69) is 10.3 Å². The van der Waals surface area contributed by atoms with Gasteiger partial charge in [0, 0.05) is 57.6 Å². The van der Waals surface area contributed by atoms with Gasteiger partial charge in [0.2, 0.25) is 5.91 Å². The number of anilines is 2. The monoisotopic (exact) mass is 481 g/mol. The fourth-order valence-electron chi connectivity index (χ4n) is 3.94. The first-order chi connectivity index (χ1) is 15.7. The molecule has 0 aliphatic carbocycles. The van der Waals surface area contributed by atoms with Crippen molar-refractivity contribution in [3.63, 3.8) is 0 Å². The van der Waals surface area contributed by atoms with Crippen LogP contribution in [-0.2, 0) is 17.5 Å². The van der Waals surface area contributed by atoms with Gasteiger partial charge < -0.3 is 20.0 Å². The summed E-state index contributed by atoms with van der Waals surface area (Å²) in [7, 11) is 0. The molecule has 1 aromatic heterocycles. The molecule has 11 heteroatoms. The molecular formula is C22H23ClF3N5O2. The number of urea groups is 1. The Morgan fingerprint density at radius 1 is 1.09 bits per heavy atom. The highest BCUT2D eigenvalue weighted by Crippen LogP contribution is 2.33. The Labute approximate surface area is 194 Å². The number of carbonyl (C=O) groups excluding carboxylic acids is 2. The number of carbonyl (C=O) groups is 2. The number of alkyl halides is 3. The second-order valence-corrected chi connectivity index (χ2v) is 8.38. The molecule has 2 aromatic rings. The average molecular weight is 482 g/mol. The number of piperazine rings is 1. The lowest BCUT2D eigenvalue weighted by Gasteiger charge is -2.35. The molecule has 7 nitrogen and oxygen atoms in total. The molecule has 0 saturated carbocycles. The van der Waals surface area contributed by atoms with E-state index in [0.29, 0.717) is 39.1 Å². The number of aromatic nitrogens is 1. The summed E-state index contributed by atoms with van der Waals surface area (Å²) in [6.45, 7) is 2.67. The topological polar surface area (TPSA) is 68.8 Å². The second kappa shape index (κ2) is 9.46.